The van der Waals surface area contributed by atoms with E-state index >= 15 is 0 Å². The van der Waals surface area contributed by atoms with Crippen LogP contribution in [-0.2, 0) is 22.2 Å². The summed E-state index contributed by atoms with van der Waals surface area (Å²) in [6, 6.07) is 3.55. The lowest BCUT2D eigenvalue weighted by Crippen LogP contribution is -2.30. The molecule has 0 aliphatic carbocycles. The summed E-state index contributed by atoms with van der Waals surface area (Å²) >= 11 is 0. The number of nitrogens with zero attached hydrogens (tertiary/aromatic N) is 1. The van der Waals surface area contributed by atoms with E-state index in [1.54, 1.807) is 0 Å². The van der Waals surface area contributed by atoms with E-state index in [1.165, 1.54) is 13.2 Å². The summed E-state index contributed by atoms with van der Waals surface area (Å²) in [5.41, 5.74) is -0.150. The second-order valence-electron chi connectivity index (χ2n) is 5.74. The van der Waals surface area contributed by atoms with E-state index in [9.17, 15) is 13.2 Å². The van der Waals surface area contributed by atoms with Gasteiger partial charge in [-0.25, -0.2) is 0 Å². The van der Waals surface area contributed by atoms with Crippen LogP contribution in [0.2, 0.25) is 0 Å². The van der Waals surface area contributed by atoms with Crippen LogP contribution in [0.1, 0.15) is 11.1 Å². The lowest BCUT2D eigenvalue weighted by atomic mass is 10.1. The van der Waals surface area contributed by atoms with Gasteiger partial charge in [0.25, 0.3) is 0 Å². The number of benzene rings is 1. The van der Waals surface area contributed by atoms with Crippen LogP contribution < -0.4 is 4.74 Å². The van der Waals surface area contributed by atoms with E-state index in [2.05, 4.69) is 0 Å². The minimum absolute atomic E-state index is 0.208. The molecule has 1 aromatic rings. The summed E-state index contributed by atoms with van der Waals surface area (Å²) in [6.07, 6.45) is -4.36. The molecule has 0 bridgehead atoms. The first-order valence-corrected chi connectivity index (χ1v) is 7.48. The van der Waals surface area contributed by atoms with Crippen LogP contribution in [0.25, 0.3) is 0 Å². The average molecular weight is 333 g/mol. The van der Waals surface area contributed by atoms with E-state index in [0.717, 1.165) is 12.1 Å². The van der Waals surface area contributed by atoms with Gasteiger partial charge < -0.3 is 19.1 Å². The number of halogens is 3. The summed E-state index contributed by atoms with van der Waals surface area (Å²) in [7, 11) is 3.32. The zero-order chi connectivity index (χ0) is 16.9. The van der Waals surface area contributed by atoms with E-state index < -0.39 is 11.7 Å². The van der Waals surface area contributed by atoms with Gasteiger partial charge in [0.15, 0.2) is 0 Å². The Morgan fingerprint density at radius 1 is 1.22 bits per heavy atom. The average Bonchev–Trinajstić information content (AvgIpc) is 2.74. The highest BCUT2D eigenvalue weighted by Crippen LogP contribution is 2.33. The third kappa shape index (κ3) is 5.37. The standard InChI is InChI=1S/C16H22F3NO3/c1-20(8-12-10-22-5-6-23-11-12)9-13-7-14(16(17,18)19)3-4-15(13)21-2/h3-4,7,12H,5-6,8-11H2,1-2H3. The molecule has 2 rings (SSSR count). The monoisotopic (exact) mass is 333 g/mol. The summed E-state index contributed by atoms with van der Waals surface area (Å²) in [6.45, 7) is 3.42. The first kappa shape index (κ1) is 18.0. The molecule has 0 atom stereocenters. The molecule has 1 fully saturated rings. The smallest absolute Gasteiger partial charge is 0.416 e. The molecule has 4 nitrogen and oxygen atoms in total. The predicted octanol–water partition coefficient (Wildman–Crippen LogP) is 2.81. The zero-order valence-corrected chi connectivity index (χ0v) is 13.4. The fourth-order valence-corrected chi connectivity index (χ4v) is 2.65. The maximum absolute atomic E-state index is 12.9. The number of methoxy groups -OCH3 is 1. The molecule has 0 radical (unpaired) electrons. The maximum atomic E-state index is 12.9. The maximum Gasteiger partial charge on any atom is 0.416 e. The quantitative estimate of drug-likeness (QED) is 0.829. The van der Waals surface area contributed by atoms with Crippen molar-refractivity contribution in [1.29, 1.82) is 0 Å². The van der Waals surface area contributed by atoms with Gasteiger partial charge in [-0.05, 0) is 25.2 Å². The van der Waals surface area contributed by atoms with Crippen molar-refractivity contribution in [3.05, 3.63) is 29.3 Å². The fraction of sp³-hybridized carbons (Fsp3) is 0.625. The third-order valence-corrected chi connectivity index (χ3v) is 3.70. The van der Waals surface area contributed by atoms with Crippen molar-refractivity contribution in [3.63, 3.8) is 0 Å². The molecule has 1 heterocycles. The molecule has 1 aliphatic heterocycles. The molecular formula is C16H22F3NO3. The first-order chi connectivity index (χ1) is 10.9. The molecule has 0 spiro atoms. The molecule has 1 saturated heterocycles. The van der Waals surface area contributed by atoms with E-state index in [0.29, 0.717) is 50.8 Å². The summed E-state index contributed by atoms with van der Waals surface area (Å²) in [5.74, 6) is 0.664. The number of hydrogen-bond acceptors (Lipinski definition) is 4. The van der Waals surface area contributed by atoms with Gasteiger partial charge >= 0.3 is 6.18 Å². The molecule has 0 saturated carbocycles. The van der Waals surface area contributed by atoms with Crippen LogP contribution in [0.4, 0.5) is 13.2 Å². The highest BCUT2D eigenvalue weighted by molar-refractivity contribution is 5.38. The minimum Gasteiger partial charge on any atom is -0.496 e. The minimum atomic E-state index is -4.36. The van der Waals surface area contributed by atoms with E-state index in [4.69, 9.17) is 14.2 Å². The molecule has 0 unspecified atom stereocenters. The number of ether oxygens (including phenoxy) is 3. The van der Waals surface area contributed by atoms with Gasteiger partial charge in [0.1, 0.15) is 5.75 Å². The van der Waals surface area contributed by atoms with Crippen molar-refractivity contribution >= 4 is 0 Å². The number of hydrogen-bond donors (Lipinski definition) is 0. The molecule has 130 valence electrons. The zero-order valence-electron chi connectivity index (χ0n) is 13.4. The predicted molar refractivity (Wildman–Crippen MR) is 79.5 cm³/mol. The van der Waals surface area contributed by atoms with E-state index in [-0.39, 0.29) is 5.92 Å². The summed E-state index contributed by atoms with van der Waals surface area (Å²) < 4.78 is 54.7. The molecule has 1 aromatic carbocycles. The normalized spacial score (nSPS) is 17.3. The van der Waals surface area contributed by atoms with E-state index in [1.807, 2.05) is 11.9 Å². The van der Waals surface area contributed by atoms with Crippen LogP contribution in [0.15, 0.2) is 18.2 Å². The molecule has 23 heavy (non-hydrogen) atoms. The Labute approximate surface area is 134 Å². The Hall–Kier alpha value is -1.31. The van der Waals surface area contributed by atoms with Crippen molar-refractivity contribution < 1.29 is 27.4 Å². The number of alkyl halides is 3. The molecule has 0 amide bonds. The van der Waals surface area contributed by atoms with Gasteiger partial charge in [-0.15, -0.1) is 0 Å². The molecule has 7 heteroatoms. The lowest BCUT2D eigenvalue weighted by Gasteiger charge is -2.23. The van der Waals surface area contributed by atoms with Crippen molar-refractivity contribution in [2.24, 2.45) is 5.92 Å². The molecule has 0 aromatic heterocycles. The van der Waals surface area contributed by atoms with Gasteiger partial charge in [-0.2, -0.15) is 13.2 Å². The van der Waals surface area contributed by atoms with Crippen LogP contribution in [-0.4, -0.2) is 52.0 Å². The topological polar surface area (TPSA) is 30.9 Å². The largest absolute Gasteiger partial charge is 0.496 e. The summed E-state index contributed by atoms with van der Waals surface area (Å²) in [5, 5.41) is 0. The third-order valence-electron chi connectivity index (χ3n) is 3.70. The van der Waals surface area contributed by atoms with Crippen LogP contribution >= 0.6 is 0 Å². The Balaban J connectivity index is 2.04. The van der Waals surface area contributed by atoms with Crippen LogP contribution in [0.3, 0.4) is 0 Å². The Kier molecular flexibility index (Phi) is 6.26. The fourth-order valence-electron chi connectivity index (χ4n) is 2.65. The highest BCUT2D eigenvalue weighted by Gasteiger charge is 2.31. The Bertz CT molecular complexity index is 500. The van der Waals surface area contributed by atoms with Gasteiger partial charge in [0.2, 0.25) is 0 Å². The second-order valence-corrected chi connectivity index (χ2v) is 5.74. The Morgan fingerprint density at radius 2 is 1.87 bits per heavy atom. The van der Waals surface area contributed by atoms with Crippen molar-refractivity contribution in [1.82, 2.24) is 4.90 Å². The Morgan fingerprint density at radius 3 is 2.43 bits per heavy atom. The van der Waals surface area contributed by atoms with Crippen LogP contribution in [0, 0.1) is 5.92 Å². The summed E-state index contributed by atoms with van der Waals surface area (Å²) in [4.78, 5) is 1.96. The first-order valence-electron chi connectivity index (χ1n) is 7.48. The van der Waals surface area contributed by atoms with Crippen molar-refractivity contribution in [3.8, 4) is 5.75 Å². The van der Waals surface area contributed by atoms with Crippen LogP contribution in [0.5, 0.6) is 5.75 Å². The molecular weight excluding hydrogens is 311 g/mol. The lowest BCUT2D eigenvalue weighted by molar-refractivity contribution is -0.137. The van der Waals surface area contributed by atoms with Crippen molar-refractivity contribution in [2.75, 3.05) is 47.1 Å². The molecule has 1 aliphatic rings. The SMILES string of the molecule is COc1ccc(C(F)(F)F)cc1CN(C)CC1COCCOC1. The van der Waals surface area contributed by atoms with Gasteiger partial charge in [-0.3, -0.25) is 0 Å². The molecule has 0 N–H and O–H groups in total. The number of rotatable bonds is 5. The second kappa shape index (κ2) is 7.99. The van der Waals surface area contributed by atoms with Gasteiger partial charge in [0.05, 0.1) is 39.1 Å². The highest BCUT2D eigenvalue weighted by atomic mass is 19.4. The van der Waals surface area contributed by atoms with Gasteiger partial charge in [0, 0.05) is 24.6 Å². The van der Waals surface area contributed by atoms with Gasteiger partial charge in [-0.1, -0.05) is 0 Å². The van der Waals surface area contributed by atoms with Crippen molar-refractivity contribution in [2.45, 2.75) is 12.7 Å².